The minimum Gasteiger partial charge on any atom is -0.465 e. The molecule has 7 heteroatoms. The van der Waals surface area contributed by atoms with Gasteiger partial charge in [-0.3, -0.25) is 14.4 Å². The average Bonchev–Trinajstić information content (AvgIpc) is 2.66. The molecule has 1 amide bonds. The number of nitrogens with zero attached hydrogens (tertiary/aromatic N) is 1. The van der Waals surface area contributed by atoms with Gasteiger partial charge in [-0.05, 0) is 30.1 Å². The van der Waals surface area contributed by atoms with Crippen LogP contribution < -0.4 is 0 Å². The van der Waals surface area contributed by atoms with Crippen LogP contribution in [0.5, 0.6) is 0 Å². The molecule has 174 valence electrons. The van der Waals surface area contributed by atoms with Crippen molar-refractivity contribution in [1.82, 2.24) is 4.90 Å². The zero-order valence-corrected chi connectivity index (χ0v) is 21.2. The predicted molar refractivity (Wildman–Crippen MR) is 126 cm³/mol. The monoisotopic (exact) mass is 449 g/mol. The zero-order valence-electron chi connectivity index (χ0n) is 20.2. The number of esters is 1. The van der Waals surface area contributed by atoms with E-state index in [-0.39, 0.29) is 29.8 Å². The standard InChI is InChI=1S/C24H39NO5Si/c1-8-9-14-29-23(28)19(2)15-22(27)21-16-25(18-26)13-11-10-12-20(21)17-30-31(6,7)24(3,4)5/h10-12,16,18-19H,8-9,13-15,17H2,1-7H3/b11-10+,20-12-,21-16+. The molecule has 0 saturated heterocycles. The fraction of sp³-hybridized carbons (Fsp3) is 0.625. The zero-order chi connectivity index (χ0) is 23.7. The predicted octanol–water partition coefficient (Wildman–Crippen LogP) is 4.79. The second-order valence-electron chi connectivity index (χ2n) is 9.56. The van der Waals surface area contributed by atoms with Gasteiger partial charge in [-0.1, -0.05) is 59.3 Å². The highest BCUT2D eigenvalue weighted by Crippen LogP contribution is 2.37. The fourth-order valence-corrected chi connectivity index (χ4v) is 3.56. The van der Waals surface area contributed by atoms with Crippen molar-refractivity contribution >= 4 is 26.5 Å². The fourth-order valence-electron chi connectivity index (χ4n) is 2.61. The van der Waals surface area contributed by atoms with Crippen LogP contribution in [0.4, 0.5) is 0 Å². The van der Waals surface area contributed by atoms with Crippen molar-refractivity contribution < 1.29 is 23.5 Å². The molecule has 0 aliphatic carbocycles. The van der Waals surface area contributed by atoms with Gasteiger partial charge < -0.3 is 14.1 Å². The summed E-state index contributed by atoms with van der Waals surface area (Å²) < 4.78 is 11.6. The first kappa shape index (κ1) is 27.0. The molecule has 6 nitrogen and oxygen atoms in total. The Bertz CT molecular complexity index is 731. The van der Waals surface area contributed by atoms with E-state index in [4.69, 9.17) is 9.16 Å². The summed E-state index contributed by atoms with van der Waals surface area (Å²) in [5.41, 5.74) is 1.12. The van der Waals surface area contributed by atoms with Crippen LogP contribution in [0.25, 0.3) is 0 Å². The Morgan fingerprint density at radius 2 is 1.97 bits per heavy atom. The third kappa shape index (κ3) is 8.57. The van der Waals surface area contributed by atoms with Crippen LogP contribution in [-0.4, -0.2) is 51.1 Å². The highest BCUT2D eigenvalue weighted by atomic mass is 28.4. The third-order valence-corrected chi connectivity index (χ3v) is 10.3. The average molecular weight is 450 g/mol. The Morgan fingerprint density at radius 3 is 2.55 bits per heavy atom. The molecule has 0 fully saturated rings. The van der Waals surface area contributed by atoms with Crippen LogP contribution in [0.3, 0.4) is 0 Å². The van der Waals surface area contributed by atoms with Gasteiger partial charge in [0.2, 0.25) is 6.41 Å². The van der Waals surface area contributed by atoms with Crippen molar-refractivity contribution in [2.45, 2.75) is 72.0 Å². The molecule has 1 atom stereocenters. The molecule has 0 saturated carbocycles. The smallest absolute Gasteiger partial charge is 0.309 e. The van der Waals surface area contributed by atoms with Crippen LogP contribution in [0.1, 0.15) is 53.9 Å². The molecule has 0 radical (unpaired) electrons. The number of ketones is 1. The van der Waals surface area contributed by atoms with E-state index in [1.807, 2.05) is 25.2 Å². The van der Waals surface area contributed by atoms with E-state index in [0.29, 0.717) is 30.7 Å². The Balaban J connectivity index is 3.05. The van der Waals surface area contributed by atoms with E-state index < -0.39 is 14.2 Å². The van der Waals surface area contributed by atoms with Gasteiger partial charge in [0.1, 0.15) is 0 Å². The largest absolute Gasteiger partial charge is 0.465 e. The van der Waals surface area contributed by atoms with Crippen molar-refractivity contribution in [2.24, 2.45) is 5.92 Å². The summed E-state index contributed by atoms with van der Waals surface area (Å²) in [5, 5.41) is 0.0322. The van der Waals surface area contributed by atoms with E-state index in [1.165, 1.54) is 4.90 Å². The van der Waals surface area contributed by atoms with E-state index in [9.17, 15) is 14.4 Å². The summed E-state index contributed by atoms with van der Waals surface area (Å²) in [6, 6.07) is 0. The lowest BCUT2D eigenvalue weighted by atomic mass is 9.94. The number of ether oxygens (including phenoxy) is 1. The number of hydrogen-bond acceptors (Lipinski definition) is 5. The molecule has 0 aromatic rings. The molecular weight excluding hydrogens is 410 g/mol. The highest BCUT2D eigenvalue weighted by molar-refractivity contribution is 6.74. The van der Waals surface area contributed by atoms with E-state index in [2.05, 4.69) is 33.9 Å². The second-order valence-corrected chi connectivity index (χ2v) is 14.4. The lowest BCUT2D eigenvalue weighted by Crippen LogP contribution is -2.41. The number of rotatable bonds is 11. The Labute approximate surface area is 188 Å². The molecule has 0 spiro atoms. The van der Waals surface area contributed by atoms with Gasteiger partial charge in [-0.2, -0.15) is 0 Å². The Morgan fingerprint density at radius 1 is 1.29 bits per heavy atom. The van der Waals surface area contributed by atoms with Gasteiger partial charge >= 0.3 is 5.97 Å². The van der Waals surface area contributed by atoms with Crippen LogP contribution in [0.2, 0.25) is 18.1 Å². The van der Waals surface area contributed by atoms with Crippen molar-refractivity contribution in [3.05, 3.63) is 35.6 Å². The van der Waals surface area contributed by atoms with Crippen LogP contribution >= 0.6 is 0 Å². The molecule has 0 bridgehead atoms. The van der Waals surface area contributed by atoms with Crippen molar-refractivity contribution in [1.29, 1.82) is 0 Å². The van der Waals surface area contributed by atoms with Crippen LogP contribution in [-0.2, 0) is 23.5 Å². The summed E-state index contributed by atoms with van der Waals surface area (Å²) in [7, 11) is -2.04. The summed E-state index contributed by atoms with van der Waals surface area (Å²) in [6.45, 7) is 15.5. The first-order chi connectivity index (χ1) is 14.4. The number of hydrogen-bond donors (Lipinski definition) is 0. The lowest BCUT2D eigenvalue weighted by Gasteiger charge is -2.36. The SMILES string of the molecule is CCCCOC(=O)C(C)CC(=O)C1=C/N(C=O)C/C=C/C=C\1CO[Si](C)(C)C(C)(C)C. The topological polar surface area (TPSA) is 72.9 Å². The molecule has 1 aliphatic rings. The first-order valence-corrected chi connectivity index (χ1v) is 14.0. The van der Waals surface area contributed by atoms with Gasteiger partial charge in [0.15, 0.2) is 14.1 Å². The Hall–Kier alpha value is -1.99. The molecule has 31 heavy (non-hydrogen) atoms. The quantitative estimate of drug-likeness (QED) is 0.196. The molecule has 0 aromatic carbocycles. The van der Waals surface area contributed by atoms with Crippen molar-refractivity contribution in [3.8, 4) is 0 Å². The Kier molecular flexibility index (Phi) is 10.6. The number of Topliss-reactive ketones (excluding diaryl/α,β-unsaturated/α-hetero) is 1. The molecular formula is C24H39NO5Si. The number of carbonyl (C=O) groups is 3. The maximum absolute atomic E-state index is 13.2. The minimum absolute atomic E-state index is 0.0185. The maximum atomic E-state index is 13.2. The molecule has 0 N–H and O–H groups in total. The van der Waals surface area contributed by atoms with E-state index in [1.54, 1.807) is 13.1 Å². The number of allylic oxidation sites excluding steroid dienone is 2. The first-order valence-electron chi connectivity index (χ1n) is 11.1. The van der Waals surface area contributed by atoms with Crippen LogP contribution in [0, 0.1) is 5.92 Å². The van der Waals surface area contributed by atoms with E-state index in [0.717, 1.165) is 12.8 Å². The molecule has 1 rings (SSSR count). The molecule has 1 heterocycles. The van der Waals surface area contributed by atoms with Gasteiger partial charge in [0, 0.05) is 24.7 Å². The van der Waals surface area contributed by atoms with Crippen LogP contribution in [0.15, 0.2) is 35.6 Å². The third-order valence-electron chi connectivity index (χ3n) is 5.86. The number of amides is 1. The molecule has 1 unspecified atom stereocenters. The maximum Gasteiger partial charge on any atom is 0.309 e. The van der Waals surface area contributed by atoms with Gasteiger partial charge in [-0.25, -0.2) is 0 Å². The summed E-state index contributed by atoms with van der Waals surface area (Å²) in [5.74, 6) is -1.13. The summed E-state index contributed by atoms with van der Waals surface area (Å²) >= 11 is 0. The van der Waals surface area contributed by atoms with E-state index >= 15 is 0 Å². The van der Waals surface area contributed by atoms with Crippen molar-refractivity contribution in [2.75, 3.05) is 19.8 Å². The normalized spacial score (nSPS) is 20.4. The van der Waals surface area contributed by atoms with Gasteiger partial charge in [0.05, 0.1) is 19.1 Å². The number of carbonyl (C=O) groups excluding carboxylic acids is 3. The minimum atomic E-state index is -2.04. The molecule has 0 aromatic heterocycles. The van der Waals surface area contributed by atoms with Gasteiger partial charge in [0.25, 0.3) is 0 Å². The highest BCUT2D eigenvalue weighted by Gasteiger charge is 2.37. The summed E-state index contributed by atoms with van der Waals surface area (Å²) in [6.07, 6.45) is 9.57. The molecule has 1 aliphatic heterocycles. The second kappa shape index (κ2) is 12.1. The van der Waals surface area contributed by atoms with Gasteiger partial charge in [-0.15, -0.1) is 0 Å². The summed E-state index contributed by atoms with van der Waals surface area (Å²) in [4.78, 5) is 38.3. The lowest BCUT2D eigenvalue weighted by molar-refractivity contribution is -0.149. The van der Waals surface area contributed by atoms with Crippen molar-refractivity contribution in [3.63, 3.8) is 0 Å². The number of unbranched alkanes of at least 4 members (excludes halogenated alkanes) is 1.